The van der Waals surface area contributed by atoms with E-state index < -0.39 is 0 Å². The van der Waals surface area contributed by atoms with Crippen LogP contribution in [0.5, 0.6) is 5.75 Å². The number of nitrogens with zero attached hydrogens (tertiary/aromatic N) is 1. The van der Waals surface area contributed by atoms with Crippen molar-refractivity contribution in [3.8, 4) is 5.75 Å². The SMILES string of the molecule is Cc1ccccc1OCCCC(=O)N1CCC(C(=O)NCCc2cccs2)CC1. The molecule has 0 atom stereocenters. The largest absolute Gasteiger partial charge is 0.493 e. The Kier molecular flexibility index (Phi) is 8.11. The Balaban J connectivity index is 1.29. The van der Waals surface area contributed by atoms with Gasteiger partial charge in [0.1, 0.15) is 5.75 Å². The van der Waals surface area contributed by atoms with Crippen LogP contribution in [0.2, 0.25) is 0 Å². The first-order valence-corrected chi connectivity index (χ1v) is 11.3. The van der Waals surface area contributed by atoms with Gasteiger partial charge in [-0.2, -0.15) is 0 Å². The van der Waals surface area contributed by atoms with Gasteiger partial charge < -0.3 is 15.0 Å². The van der Waals surface area contributed by atoms with Crippen LogP contribution in [0.4, 0.5) is 0 Å². The van der Waals surface area contributed by atoms with Crippen LogP contribution in [0.3, 0.4) is 0 Å². The summed E-state index contributed by atoms with van der Waals surface area (Å²) in [5, 5.41) is 5.10. The Hall–Kier alpha value is -2.34. The molecule has 0 unspecified atom stereocenters. The second-order valence-corrected chi connectivity index (χ2v) is 8.53. The fourth-order valence-corrected chi connectivity index (χ4v) is 4.29. The molecule has 2 amide bonds. The lowest BCUT2D eigenvalue weighted by Crippen LogP contribution is -2.43. The number of benzene rings is 1. The second-order valence-electron chi connectivity index (χ2n) is 7.49. The van der Waals surface area contributed by atoms with Gasteiger partial charge >= 0.3 is 0 Å². The predicted molar refractivity (Wildman–Crippen MR) is 116 cm³/mol. The molecule has 0 spiro atoms. The fourth-order valence-electron chi connectivity index (χ4n) is 3.58. The van der Waals surface area contributed by atoms with Crippen molar-refractivity contribution in [3.63, 3.8) is 0 Å². The quantitative estimate of drug-likeness (QED) is 0.635. The maximum atomic E-state index is 12.4. The summed E-state index contributed by atoms with van der Waals surface area (Å²) in [6, 6.07) is 12.0. The molecule has 2 heterocycles. The zero-order valence-corrected chi connectivity index (χ0v) is 17.9. The van der Waals surface area contributed by atoms with E-state index in [1.807, 2.05) is 42.2 Å². The lowest BCUT2D eigenvalue weighted by atomic mass is 9.95. The Bertz CT molecular complexity index is 783. The first kappa shape index (κ1) is 21.4. The highest BCUT2D eigenvalue weighted by molar-refractivity contribution is 7.09. The predicted octanol–water partition coefficient (Wildman–Crippen LogP) is 3.81. The third-order valence-electron chi connectivity index (χ3n) is 5.36. The number of piperidine rings is 1. The van der Waals surface area contributed by atoms with Gasteiger partial charge in [-0.25, -0.2) is 0 Å². The van der Waals surface area contributed by atoms with E-state index in [1.54, 1.807) is 11.3 Å². The van der Waals surface area contributed by atoms with E-state index in [9.17, 15) is 9.59 Å². The lowest BCUT2D eigenvalue weighted by molar-refractivity contribution is -0.135. The van der Waals surface area contributed by atoms with Crippen molar-refractivity contribution in [2.45, 2.75) is 39.0 Å². The van der Waals surface area contributed by atoms with Crippen LogP contribution in [0, 0.1) is 12.8 Å². The molecule has 3 rings (SSSR count). The minimum atomic E-state index is 0.0202. The van der Waals surface area contributed by atoms with Crippen LogP contribution in [-0.4, -0.2) is 43.0 Å². The summed E-state index contributed by atoms with van der Waals surface area (Å²) in [5.41, 5.74) is 1.11. The first-order chi connectivity index (χ1) is 14.1. The number of ether oxygens (including phenoxy) is 1. The highest BCUT2D eigenvalue weighted by atomic mass is 32.1. The normalized spacial score (nSPS) is 14.6. The summed E-state index contributed by atoms with van der Waals surface area (Å²) in [6.07, 6.45) is 3.57. The van der Waals surface area contributed by atoms with Crippen LogP contribution >= 0.6 is 11.3 Å². The molecule has 6 heteroatoms. The van der Waals surface area contributed by atoms with Crippen molar-refractivity contribution >= 4 is 23.2 Å². The molecular formula is C23H30N2O3S. The molecular weight excluding hydrogens is 384 g/mol. The van der Waals surface area contributed by atoms with Crippen molar-refractivity contribution in [3.05, 3.63) is 52.2 Å². The van der Waals surface area contributed by atoms with Gasteiger partial charge in [-0.3, -0.25) is 9.59 Å². The zero-order chi connectivity index (χ0) is 20.5. The third-order valence-corrected chi connectivity index (χ3v) is 6.29. The smallest absolute Gasteiger partial charge is 0.223 e. The Labute approximate surface area is 177 Å². The highest BCUT2D eigenvalue weighted by Gasteiger charge is 2.26. The van der Waals surface area contributed by atoms with Crippen LogP contribution in [0.25, 0.3) is 0 Å². The van der Waals surface area contributed by atoms with Crippen molar-refractivity contribution in [2.24, 2.45) is 5.92 Å². The number of thiophene rings is 1. The summed E-state index contributed by atoms with van der Waals surface area (Å²) in [6.45, 7) is 4.57. The third kappa shape index (κ3) is 6.60. The summed E-state index contributed by atoms with van der Waals surface area (Å²) in [7, 11) is 0. The summed E-state index contributed by atoms with van der Waals surface area (Å²) in [4.78, 5) is 28.0. The van der Waals surface area contributed by atoms with Crippen molar-refractivity contribution < 1.29 is 14.3 Å². The van der Waals surface area contributed by atoms with Crippen LogP contribution in [-0.2, 0) is 16.0 Å². The van der Waals surface area contributed by atoms with Crippen molar-refractivity contribution in [2.75, 3.05) is 26.2 Å². The topological polar surface area (TPSA) is 58.6 Å². The molecule has 1 aliphatic rings. The average Bonchev–Trinajstić information content (AvgIpc) is 3.26. The zero-order valence-electron chi connectivity index (χ0n) is 17.1. The molecule has 1 saturated heterocycles. The Morgan fingerprint density at radius 2 is 1.97 bits per heavy atom. The Morgan fingerprint density at radius 3 is 2.69 bits per heavy atom. The summed E-state index contributed by atoms with van der Waals surface area (Å²) < 4.78 is 5.76. The number of para-hydroxylation sites is 1. The summed E-state index contributed by atoms with van der Waals surface area (Å²) in [5.74, 6) is 1.19. The molecule has 5 nitrogen and oxygen atoms in total. The average molecular weight is 415 g/mol. The maximum absolute atomic E-state index is 12.4. The molecule has 0 saturated carbocycles. The number of nitrogens with one attached hydrogen (secondary N) is 1. The molecule has 0 radical (unpaired) electrons. The first-order valence-electron chi connectivity index (χ1n) is 10.4. The van der Waals surface area contributed by atoms with E-state index in [0.717, 1.165) is 30.6 Å². The number of carbonyl (C=O) groups excluding carboxylic acids is 2. The van der Waals surface area contributed by atoms with Gasteiger partial charge in [0.2, 0.25) is 11.8 Å². The molecule has 1 aromatic heterocycles. The number of hydrogen-bond donors (Lipinski definition) is 1. The van der Waals surface area contributed by atoms with Gasteiger partial charge in [0.15, 0.2) is 0 Å². The van der Waals surface area contributed by atoms with E-state index in [2.05, 4.69) is 16.8 Å². The van der Waals surface area contributed by atoms with Crippen molar-refractivity contribution in [1.82, 2.24) is 10.2 Å². The number of amides is 2. The number of likely N-dealkylation sites (tertiary alicyclic amines) is 1. The number of hydrogen-bond acceptors (Lipinski definition) is 4. The van der Waals surface area contributed by atoms with E-state index >= 15 is 0 Å². The number of carbonyl (C=O) groups is 2. The summed E-state index contributed by atoms with van der Waals surface area (Å²) >= 11 is 1.72. The van der Waals surface area contributed by atoms with Gasteiger partial charge in [-0.1, -0.05) is 24.3 Å². The van der Waals surface area contributed by atoms with Gasteiger partial charge in [0.05, 0.1) is 6.61 Å². The lowest BCUT2D eigenvalue weighted by Gasteiger charge is -2.31. The molecule has 1 aromatic carbocycles. The molecule has 0 aliphatic carbocycles. The molecule has 1 aliphatic heterocycles. The van der Waals surface area contributed by atoms with E-state index in [0.29, 0.717) is 39.1 Å². The van der Waals surface area contributed by atoms with Crippen LogP contribution in [0.1, 0.15) is 36.1 Å². The Morgan fingerprint density at radius 1 is 1.17 bits per heavy atom. The van der Waals surface area contributed by atoms with Crippen LogP contribution in [0.15, 0.2) is 41.8 Å². The molecule has 2 aromatic rings. The molecule has 1 N–H and O–H groups in total. The number of rotatable bonds is 9. The number of aryl methyl sites for hydroxylation is 1. The standard InChI is InChI=1S/C23H30N2O3S/c1-18-6-2-3-8-21(18)28-16-4-9-22(26)25-14-11-19(12-15-25)23(27)24-13-10-20-7-5-17-29-20/h2-3,5-8,17,19H,4,9-16H2,1H3,(H,24,27). The van der Waals surface area contributed by atoms with Gasteiger partial charge in [-0.05, 0) is 55.7 Å². The van der Waals surface area contributed by atoms with Crippen LogP contribution < -0.4 is 10.1 Å². The van der Waals surface area contributed by atoms with E-state index in [1.165, 1.54) is 4.88 Å². The highest BCUT2D eigenvalue weighted by Crippen LogP contribution is 2.19. The van der Waals surface area contributed by atoms with Gasteiger partial charge in [0, 0.05) is 36.9 Å². The minimum absolute atomic E-state index is 0.0202. The molecule has 1 fully saturated rings. The fraction of sp³-hybridized carbons (Fsp3) is 0.478. The second kappa shape index (κ2) is 11.0. The molecule has 156 valence electrons. The molecule has 0 bridgehead atoms. The van der Waals surface area contributed by atoms with Crippen molar-refractivity contribution in [1.29, 1.82) is 0 Å². The minimum Gasteiger partial charge on any atom is -0.493 e. The van der Waals surface area contributed by atoms with Gasteiger partial charge in [0.25, 0.3) is 0 Å². The monoisotopic (exact) mass is 414 g/mol. The van der Waals surface area contributed by atoms with E-state index in [4.69, 9.17) is 4.74 Å². The molecule has 29 heavy (non-hydrogen) atoms. The van der Waals surface area contributed by atoms with Gasteiger partial charge in [-0.15, -0.1) is 11.3 Å². The van der Waals surface area contributed by atoms with E-state index in [-0.39, 0.29) is 17.7 Å². The maximum Gasteiger partial charge on any atom is 0.223 e.